The molecule has 0 aliphatic heterocycles. The van der Waals surface area contributed by atoms with E-state index in [0.29, 0.717) is 5.76 Å². The molecule has 0 aliphatic carbocycles. The number of benzene rings is 2. The van der Waals surface area contributed by atoms with Crippen LogP contribution in [0.25, 0.3) is 12.2 Å². The lowest BCUT2D eigenvalue weighted by Crippen LogP contribution is -2.07. The van der Waals surface area contributed by atoms with Crippen molar-refractivity contribution in [3.05, 3.63) is 94.0 Å². The van der Waals surface area contributed by atoms with Gasteiger partial charge in [-0.15, -0.1) is 0 Å². The number of hydrogen-bond acceptors (Lipinski definition) is 4. The van der Waals surface area contributed by atoms with E-state index in [9.17, 15) is 4.79 Å². The van der Waals surface area contributed by atoms with Gasteiger partial charge in [0.15, 0.2) is 0 Å². The summed E-state index contributed by atoms with van der Waals surface area (Å²) >= 11 is 0. The van der Waals surface area contributed by atoms with E-state index in [1.54, 1.807) is 13.2 Å². The van der Waals surface area contributed by atoms with Crippen molar-refractivity contribution in [2.24, 2.45) is 0 Å². The lowest BCUT2D eigenvalue weighted by atomic mass is 10.2. The van der Waals surface area contributed by atoms with Crippen LogP contribution in [0.15, 0.2) is 76.1 Å². The zero-order valence-electron chi connectivity index (χ0n) is 13.8. The number of methoxy groups -OCH3 is 1. The molecule has 1 aromatic heterocycles. The molecule has 2 aromatic carbocycles. The number of rotatable bonds is 6. The van der Waals surface area contributed by atoms with Crippen molar-refractivity contribution in [3.63, 3.8) is 0 Å². The highest BCUT2D eigenvalue weighted by Crippen LogP contribution is 2.14. The minimum absolute atomic E-state index is 0.188. The maximum absolute atomic E-state index is 12.1. The Hall–Kier alpha value is -3.27. The third-order valence-corrected chi connectivity index (χ3v) is 3.61. The summed E-state index contributed by atoms with van der Waals surface area (Å²) in [6, 6.07) is 18.7. The molecule has 0 N–H and O–H groups in total. The van der Waals surface area contributed by atoms with E-state index in [2.05, 4.69) is 0 Å². The van der Waals surface area contributed by atoms with Crippen molar-refractivity contribution >= 4 is 12.2 Å². The molecular formula is C21H18O4. The summed E-state index contributed by atoms with van der Waals surface area (Å²) < 4.78 is 16.1. The van der Waals surface area contributed by atoms with Gasteiger partial charge in [0.1, 0.15) is 24.4 Å². The molecular weight excluding hydrogens is 316 g/mol. The summed E-state index contributed by atoms with van der Waals surface area (Å²) in [4.78, 5) is 12.1. The number of hydrogen-bond donors (Lipinski definition) is 0. The molecule has 1 heterocycles. The van der Waals surface area contributed by atoms with E-state index >= 15 is 0 Å². The summed E-state index contributed by atoms with van der Waals surface area (Å²) in [6.07, 6.45) is 4.98. The lowest BCUT2D eigenvalue weighted by Gasteiger charge is -2.06. The highest BCUT2D eigenvalue weighted by atomic mass is 16.5. The molecule has 0 saturated carbocycles. The van der Waals surface area contributed by atoms with Crippen LogP contribution in [0.5, 0.6) is 11.5 Å². The van der Waals surface area contributed by atoms with E-state index in [0.717, 1.165) is 16.9 Å². The SMILES string of the molecule is COc1ccc(COc2coc(/C=C/c3ccccc3)cc2=O)cc1. The van der Waals surface area contributed by atoms with E-state index < -0.39 is 0 Å². The quantitative estimate of drug-likeness (QED) is 0.670. The van der Waals surface area contributed by atoms with Crippen molar-refractivity contribution in [1.29, 1.82) is 0 Å². The molecule has 4 heteroatoms. The van der Waals surface area contributed by atoms with Crippen LogP contribution in [-0.2, 0) is 6.61 Å². The van der Waals surface area contributed by atoms with Gasteiger partial charge in [0.05, 0.1) is 7.11 Å². The zero-order chi connectivity index (χ0) is 17.5. The summed E-state index contributed by atoms with van der Waals surface area (Å²) in [6.45, 7) is 0.286. The molecule has 3 rings (SSSR count). The molecule has 3 aromatic rings. The summed E-state index contributed by atoms with van der Waals surface area (Å²) in [5.41, 5.74) is 1.76. The molecule has 126 valence electrons. The van der Waals surface area contributed by atoms with Gasteiger partial charge in [0.2, 0.25) is 11.2 Å². The predicted octanol–water partition coefficient (Wildman–Crippen LogP) is 4.40. The van der Waals surface area contributed by atoms with Crippen molar-refractivity contribution in [3.8, 4) is 11.5 Å². The first-order valence-corrected chi connectivity index (χ1v) is 7.86. The van der Waals surface area contributed by atoms with E-state index in [4.69, 9.17) is 13.9 Å². The largest absolute Gasteiger partial charge is 0.497 e. The Bertz CT molecular complexity index is 893. The molecule has 0 saturated heterocycles. The van der Waals surface area contributed by atoms with Crippen LogP contribution in [0.4, 0.5) is 0 Å². The normalized spacial score (nSPS) is 10.8. The molecule has 0 radical (unpaired) electrons. The fourth-order valence-electron chi connectivity index (χ4n) is 2.23. The van der Waals surface area contributed by atoms with Crippen LogP contribution in [0.2, 0.25) is 0 Å². The predicted molar refractivity (Wildman–Crippen MR) is 97.7 cm³/mol. The van der Waals surface area contributed by atoms with Gasteiger partial charge in [0.25, 0.3) is 0 Å². The highest BCUT2D eigenvalue weighted by molar-refractivity contribution is 5.67. The summed E-state index contributed by atoms with van der Waals surface area (Å²) in [5, 5.41) is 0. The van der Waals surface area contributed by atoms with Gasteiger partial charge >= 0.3 is 0 Å². The Labute approximate surface area is 146 Å². The van der Waals surface area contributed by atoms with Crippen LogP contribution in [0.3, 0.4) is 0 Å². The topological polar surface area (TPSA) is 48.7 Å². The maximum Gasteiger partial charge on any atom is 0.227 e. The van der Waals surface area contributed by atoms with Gasteiger partial charge < -0.3 is 13.9 Å². The smallest absolute Gasteiger partial charge is 0.227 e. The first-order valence-electron chi connectivity index (χ1n) is 7.86. The second-order valence-electron chi connectivity index (χ2n) is 5.39. The van der Waals surface area contributed by atoms with E-state index in [-0.39, 0.29) is 17.8 Å². The van der Waals surface area contributed by atoms with Gasteiger partial charge in [-0.1, -0.05) is 48.5 Å². The van der Waals surface area contributed by atoms with Gasteiger partial charge in [-0.3, -0.25) is 4.79 Å². The minimum atomic E-state index is -0.215. The Kier molecular flexibility index (Phi) is 5.32. The highest BCUT2D eigenvalue weighted by Gasteiger charge is 2.04. The van der Waals surface area contributed by atoms with Crippen molar-refractivity contribution in [2.75, 3.05) is 7.11 Å². The third-order valence-electron chi connectivity index (χ3n) is 3.61. The van der Waals surface area contributed by atoms with Crippen LogP contribution < -0.4 is 14.9 Å². The molecule has 0 aliphatic rings. The second kappa shape index (κ2) is 8.02. The van der Waals surface area contributed by atoms with Crippen molar-refractivity contribution < 1.29 is 13.9 Å². The van der Waals surface area contributed by atoms with Crippen LogP contribution >= 0.6 is 0 Å². The van der Waals surface area contributed by atoms with Gasteiger partial charge in [0, 0.05) is 6.07 Å². The second-order valence-corrected chi connectivity index (χ2v) is 5.39. The molecule has 0 amide bonds. The minimum Gasteiger partial charge on any atom is -0.497 e. The summed E-state index contributed by atoms with van der Waals surface area (Å²) in [5.74, 6) is 1.44. The zero-order valence-corrected chi connectivity index (χ0v) is 13.8. The Morgan fingerprint density at radius 3 is 2.44 bits per heavy atom. The standard InChI is InChI=1S/C21H18O4/c1-23-18-10-8-17(9-11-18)14-25-21-15-24-19(13-20(21)22)12-7-16-5-3-2-4-6-16/h2-13,15H,14H2,1H3/b12-7+. The van der Waals surface area contributed by atoms with Crippen LogP contribution in [0, 0.1) is 0 Å². The fraction of sp³-hybridized carbons (Fsp3) is 0.0952. The first-order chi connectivity index (χ1) is 12.2. The van der Waals surface area contributed by atoms with Crippen molar-refractivity contribution in [1.82, 2.24) is 0 Å². The Morgan fingerprint density at radius 1 is 1.00 bits per heavy atom. The Morgan fingerprint density at radius 2 is 1.76 bits per heavy atom. The lowest BCUT2D eigenvalue weighted by molar-refractivity contribution is 0.291. The fourth-order valence-corrected chi connectivity index (χ4v) is 2.23. The Balaban J connectivity index is 1.65. The molecule has 0 unspecified atom stereocenters. The van der Waals surface area contributed by atoms with Gasteiger partial charge in [-0.25, -0.2) is 0 Å². The van der Waals surface area contributed by atoms with Crippen molar-refractivity contribution in [2.45, 2.75) is 6.61 Å². The number of ether oxygens (including phenoxy) is 2. The third kappa shape index (κ3) is 4.61. The van der Waals surface area contributed by atoms with E-state index in [1.807, 2.05) is 60.7 Å². The van der Waals surface area contributed by atoms with Crippen LogP contribution in [-0.4, -0.2) is 7.11 Å². The molecule has 0 spiro atoms. The summed E-state index contributed by atoms with van der Waals surface area (Å²) in [7, 11) is 1.62. The van der Waals surface area contributed by atoms with E-state index in [1.165, 1.54) is 12.3 Å². The molecule has 25 heavy (non-hydrogen) atoms. The molecule has 0 atom stereocenters. The molecule has 0 fully saturated rings. The molecule has 4 nitrogen and oxygen atoms in total. The van der Waals surface area contributed by atoms with Gasteiger partial charge in [-0.2, -0.15) is 0 Å². The van der Waals surface area contributed by atoms with Gasteiger partial charge in [-0.05, 0) is 29.3 Å². The average Bonchev–Trinajstić information content (AvgIpc) is 2.67. The molecule has 0 bridgehead atoms. The maximum atomic E-state index is 12.1. The first kappa shape index (κ1) is 16.6. The monoisotopic (exact) mass is 334 g/mol. The average molecular weight is 334 g/mol. The van der Waals surface area contributed by atoms with Crippen LogP contribution in [0.1, 0.15) is 16.9 Å².